The molecule has 1 aromatic carbocycles. The summed E-state index contributed by atoms with van der Waals surface area (Å²) >= 11 is 0. The minimum atomic E-state index is -0.215. The Kier molecular flexibility index (Phi) is 3.53. The number of anilines is 2. The number of carbonyl (C=O) groups excluding carboxylic acids is 1. The van der Waals surface area contributed by atoms with Crippen LogP contribution in [0.25, 0.3) is 0 Å². The van der Waals surface area contributed by atoms with Gasteiger partial charge in [-0.25, -0.2) is 0 Å². The molecule has 1 amide bonds. The van der Waals surface area contributed by atoms with Gasteiger partial charge >= 0.3 is 0 Å². The third-order valence-corrected chi connectivity index (χ3v) is 2.99. The van der Waals surface area contributed by atoms with Crippen LogP contribution in [0.4, 0.5) is 11.5 Å². The second-order valence-corrected chi connectivity index (χ2v) is 6.00. The zero-order valence-electron chi connectivity index (χ0n) is 12.2. The molecule has 0 unspecified atom stereocenters. The monoisotopic (exact) mass is 272 g/mol. The molecule has 1 heterocycles. The van der Waals surface area contributed by atoms with E-state index in [-0.39, 0.29) is 11.3 Å². The van der Waals surface area contributed by atoms with Gasteiger partial charge in [0, 0.05) is 28.4 Å². The number of aryl methyl sites for hydroxylation is 1. The molecule has 5 heteroatoms. The Hall–Kier alpha value is -2.30. The van der Waals surface area contributed by atoms with E-state index in [0.29, 0.717) is 17.1 Å². The minimum Gasteiger partial charge on any atom is -0.399 e. The van der Waals surface area contributed by atoms with Crippen molar-refractivity contribution in [1.82, 2.24) is 10.2 Å². The van der Waals surface area contributed by atoms with E-state index in [1.54, 1.807) is 12.1 Å². The number of H-pyrrole nitrogens is 1. The maximum atomic E-state index is 12.2. The number of nitrogens with two attached hydrogens (primary N) is 1. The van der Waals surface area contributed by atoms with E-state index in [2.05, 4.69) is 36.3 Å². The predicted octanol–water partition coefficient (Wildman–Crippen LogP) is 2.85. The molecule has 5 nitrogen and oxygen atoms in total. The highest BCUT2D eigenvalue weighted by Crippen LogP contribution is 2.22. The van der Waals surface area contributed by atoms with Crippen LogP contribution >= 0.6 is 0 Å². The van der Waals surface area contributed by atoms with Crippen LogP contribution in [0.1, 0.15) is 42.4 Å². The fourth-order valence-electron chi connectivity index (χ4n) is 1.90. The SMILES string of the molecule is Cc1cc(N)cc(C(=O)Nc2cc(C(C)(C)C)[nH]n2)c1. The van der Waals surface area contributed by atoms with Crippen molar-refractivity contribution in [2.24, 2.45) is 0 Å². The second kappa shape index (κ2) is 5.00. The normalized spacial score (nSPS) is 11.4. The summed E-state index contributed by atoms with van der Waals surface area (Å²) in [6.07, 6.45) is 0. The van der Waals surface area contributed by atoms with Gasteiger partial charge in [-0.3, -0.25) is 9.89 Å². The Labute approximate surface area is 118 Å². The fourth-order valence-corrected chi connectivity index (χ4v) is 1.90. The Morgan fingerprint density at radius 2 is 1.95 bits per heavy atom. The number of hydrogen-bond donors (Lipinski definition) is 3. The van der Waals surface area contributed by atoms with Crippen LogP contribution < -0.4 is 11.1 Å². The number of nitrogen functional groups attached to an aromatic ring is 1. The maximum absolute atomic E-state index is 12.2. The van der Waals surface area contributed by atoms with E-state index >= 15 is 0 Å². The maximum Gasteiger partial charge on any atom is 0.256 e. The van der Waals surface area contributed by atoms with Crippen LogP contribution in [0.3, 0.4) is 0 Å². The minimum absolute atomic E-state index is 0.0380. The first-order chi connectivity index (χ1) is 9.25. The van der Waals surface area contributed by atoms with Crippen LogP contribution in [0.15, 0.2) is 24.3 Å². The number of amides is 1. The number of aromatic nitrogens is 2. The third-order valence-electron chi connectivity index (χ3n) is 2.99. The lowest BCUT2D eigenvalue weighted by atomic mass is 9.92. The summed E-state index contributed by atoms with van der Waals surface area (Å²) in [4.78, 5) is 12.2. The van der Waals surface area contributed by atoms with Crippen molar-refractivity contribution in [2.45, 2.75) is 33.1 Å². The first kappa shape index (κ1) is 14.1. The van der Waals surface area contributed by atoms with Crippen LogP contribution in [-0.2, 0) is 5.41 Å². The van der Waals surface area contributed by atoms with Gasteiger partial charge in [0.25, 0.3) is 5.91 Å². The first-order valence-electron chi connectivity index (χ1n) is 6.50. The lowest BCUT2D eigenvalue weighted by molar-refractivity contribution is 0.102. The highest BCUT2D eigenvalue weighted by molar-refractivity contribution is 6.04. The van der Waals surface area contributed by atoms with Gasteiger partial charge in [0.15, 0.2) is 5.82 Å². The summed E-state index contributed by atoms with van der Waals surface area (Å²) in [5.74, 6) is 0.298. The van der Waals surface area contributed by atoms with E-state index < -0.39 is 0 Å². The largest absolute Gasteiger partial charge is 0.399 e. The molecule has 20 heavy (non-hydrogen) atoms. The zero-order valence-corrected chi connectivity index (χ0v) is 12.2. The lowest BCUT2D eigenvalue weighted by Gasteiger charge is -2.14. The van der Waals surface area contributed by atoms with E-state index in [0.717, 1.165) is 11.3 Å². The standard InChI is InChI=1S/C15H20N4O/c1-9-5-10(7-11(16)6-9)14(20)17-13-8-12(18-19-13)15(2,3)4/h5-8H,16H2,1-4H3,(H2,17,18,19,20). The third kappa shape index (κ3) is 3.17. The van der Waals surface area contributed by atoms with Crippen molar-refractivity contribution < 1.29 is 4.79 Å². The molecule has 0 saturated heterocycles. The van der Waals surface area contributed by atoms with Crippen molar-refractivity contribution in [3.05, 3.63) is 41.1 Å². The zero-order chi connectivity index (χ0) is 14.9. The van der Waals surface area contributed by atoms with E-state index in [4.69, 9.17) is 5.73 Å². The van der Waals surface area contributed by atoms with Gasteiger partial charge in [-0.2, -0.15) is 5.10 Å². The summed E-state index contributed by atoms with van der Waals surface area (Å²) in [6.45, 7) is 8.13. The molecule has 106 valence electrons. The molecule has 0 bridgehead atoms. The lowest BCUT2D eigenvalue weighted by Crippen LogP contribution is -2.13. The van der Waals surface area contributed by atoms with E-state index in [1.807, 2.05) is 19.1 Å². The smallest absolute Gasteiger partial charge is 0.256 e. The van der Waals surface area contributed by atoms with Crippen LogP contribution in [0, 0.1) is 6.92 Å². The summed E-state index contributed by atoms with van der Waals surface area (Å²) in [6, 6.07) is 7.11. The van der Waals surface area contributed by atoms with Crippen molar-refractivity contribution in [3.63, 3.8) is 0 Å². The summed E-state index contributed by atoms with van der Waals surface area (Å²) in [5.41, 5.74) is 8.74. The average Bonchev–Trinajstić information content (AvgIpc) is 2.75. The van der Waals surface area contributed by atoms with Gasteiger partial charge in [0.05, 0.1) is 0 Å². The Bertz CT molecular complexity index is 617. The van der Waals surface area contributed by atoms with Gasteiger partial charge in [-0.15, -0.1) is 0 Å². The number of hydrogen-bond acceptors (Lipinski definition) is 3. The van der Waals surface area contributed by atoms with Crippen molar-refractivity contribution in [3.8, 4) is 0 Å². The molecular formula is C15H20N4O. The van der Waals surface area contributed by atoms with Crippen molar-refractivity contribution >= 4 is 17.4 Å². The van der Waals surface area contributed by atoms with E-state index in [1.165, 1.54) is 0 Å². The van der Waals surface area contributed by atoms with Crippen molar-refractivity contribution in [1.29, 1.82) is 0 Å². The quantitative estimate of drug-likeness (QED) is 0.735. The van der Waals surface area contributed by atoms with Crippen LogP contribution in [0.5, 0.6) is 0 Å². The second-order valence-electron chi connectivity index (χ2n) is 6.00. The molecule has 4 N–H and O–H groups in total. The van der Waals surface area contributed by atoms with Gasteiger partial charge in [0.2, 0.25) is 0 Å². The Morgan fingerprint density at radius 1 is 1.25 bits per heavy atom. The van der Waals surface area contributed by atoms with Crippen LogP contribution in [-0.4, -0.2) is 16.1 Å². The van der Waals surface area contributed by atoms with Crippen LogP contribution in [0.2, 0.25) is 0 Å². The van der Waals surface area contributed by atoms with E-state index in [9.17, 15) is 4.79 Å². The molecular weight excluding hydrogens is 252 g/mol. The molecule has 0 radical (unpaired) electrons. The highest BCUT2D eigenvalue weighted by atomic mass is 16.1. The molecule has 0 aliphatic heterocycles. The van der Waals surface area contributed by atoms with Crippen molar-refractivity contribution in [2.75, 3.05) is 11.1 Å². The molecule has 0 saturated carbocycles. The predicted molar refractivity (Wildman–Crippen MR) is 80.8 cm³/mol. The molecule has 0 atom stereocenters. The molecule has 2 aromatic rings. The molecule has 0 aliphatic rings. The number of nitrogens with zero attached hydrogens (tertiary/aromatic N) is 1. The molecule has 0 aliphatic carbocycles. The topological polar surface area (TPSA) is 83.8 Å². The van der Waals surface area contributed by atoms with Gasteiger partial charge in [-0.05, 0) is 30.7 Å². The number of carbonyl (C=O) groups is 1. The van der Waals surface area contributed by atoms with Gasteiger partial charge < -0.3 is 11.1 Å². The number of aromatic amines is 1. The Balaban J connectivity index is 2.17. The number of benzene rings is 1. The van der Waals surface area contributed by atoms with Gasteiger partial charge in [-0.1, -0.05) is 20.8 Å². The van der Waals surface area contributed by atoms with Gasteiger partial charge in [0.1, 0.15) is 0 Å². The number of rotatable bonds is 2. The Morgan fingerprint density at radius 3 is 2.50 bits per heavy atom. The summed E-state index contributed by atoms with van der Waals surface area (Å²) < 4.78 is 0. The molecule has 2 rings (SSSR count). The summed E-state index contributed by atoms with van der Waals surface area (Å²) in [7, 11) is 0. The average molecular weight is 272 g/mol. The molecule has 0 fully saturated rings. The highest BCUT2D eigenvalue weighted by Gasteiger charge is 2.17. The number of nitrogens with one attached hydrogen (secondary N) is 2. The summed E-state index contributed by atoms with van der Waals surface area (Å²) in [5, 5.41) is 9.81. The first-order valence-corrected chi connectivity index (χ1v) is 6.50. The molecule has 0 spiro atoms. The molecule has 1 aromatic heterocycles. The fraction of sp³-hybridized carbons (Fsp3) is 0.333.